The summed E-state index contributed by atoms with van der Waals surface area (Å²) in [6, 6.07) is 17.4. The third kappa shape index (κ3) is 6.39. The topological polar surface area (TPSA) is 77.7 Å². The number of hydrogen-bond acceptors (Lipinski definition) is 6. The Morgan fingerprint density at radius 3 is 2.71 bits per heavy atom. The highest BCUT2D eigenvalue weighted by Gasteiger charge is 2.20. The number of amides is 1. The van der Waals surface area contributed by atoms with E-state index in [0.29, 0.717) is 31.3 Å². The van der Waals surface area contributed by atoms with Crippen LogP contribution in [0.1, 0.15) is 31.7 Å². The van der Waals surface area contributed by atoms with Gasteiger partial charge in [-0.05, 0) is 31.0 Å². The third-order valence-electron chi connectivity index (χ3n) is 5.14. The number of methoxy groups -OCH3 is 1. The molecule has 164 valence electrons. The molecule has 1 heterocycles. The van der Waals surface area contributed by atoms with Crippen molar-refractivity contribution in [1.82, 2.24) is 15.0 Å². The summed E-state index contributed by atoms with van der Waals surface area (Å²) in [6.07, 6.45) is 1.33. The van der Waals surface area contributed by atoms with Gasteiger partial charge in [0, 0.05) is 24.6 Å². The molecule has 3 aromatic rings. The molecule has 0 bridgehead atoms. The molecular formula is C24H29N3O4. The van der Waals surface area contributed by atoms with Gasteiger partial charge in [0.1, 0.15) is 12.4 Å². The lowest BCUT2D eigenvalue weighted by Crippen LogP contribution is -2.41. The molecule has 0 aliphatic rings. The highest BCUT2D eigenvalue weighted by atomic mass is 16.5. The van der Waals surface area contributed by atoms with E-state index in [0.717, 1.165) is 23.3 Å². The van der Waals surface area contributed by atoms with Gasteiger partial charge in [-0.25, -0.2) is 0 Å². The summed E-state index contributed by atoms with van der Waals surface area (Å²) in [4.78, 5) is 19.1. The molecule has 1 atom stereocenters. The number of aromatic nitrogens is 2. The van der Waals surface area contributed by atoms with Crippen molar-refractivity contribution in [1.29, 1.82) is 0 Å². The molecule has 1 amide bonds. The standard InChI is InChI=1S/C24H29N3O4/c1-4-18(2)27(23(28)17-30-16-19-9-6-5-7-10-19)14-13-22-25-24(26-31-22)20-11-8-12-21(15-20)29-3/h5-12,15,18H,4,13-14,16-17H2,1-3H3. The molecule has 3 rings (SSSR count). The summed E-state index contributed by atoms with van der Waals surface area (Å²) in [6.45, 7) is 5.03. The van der Waals surface area contributed by atoms with E-state index in [4.69, 9.17) is 14.0 Å². The van der Waals surface area contributed by atoms with Crippen LogP contribution < -0.4 is 4.74 Å². The van der Waals surface area contributed by atoms with E-state index in [9.17, 15) is 4.79 Å². The average molecular weight is 424 g/mol. The van der Waals surface area contributed by atoms with Crippen molar-refractivity contribution in [3.8, 4) is 17.1 Å². The van der Waals surface area contributed by atoms with Crippen LogP contribution in [0.3, 0.4) is 0 Å². The highest BCUT2D eigenvalue weighted by Crippen LogP contribution is 2.21. The van der Waals surface area contributed by atoms with Crippen molar-refractivity contribution in [2.24, 2.45) is 0 Å². The van der Waals surface area contributed by atoms with Gasteiger partial charge < -0.3 is 18.9 Å². The smallest absolute Gasteiger partial charge is 0.248 e. The van der Waals surface area contributed by atoms with Crippen LogP contribution in [-0.4, -0.2) is 47.3 Å². The van der Waals surface area contributed by atoms with Crippen molar-refractivity contribution in [3.63, 3.8) is 0 Å². The van der Waals surface area contributed by atoms with E-state index in [-0.39, 0.29) is 18.6 Å². The van der Waals surface area contributed by atoms with Crippen LogP contribution in [0.25, 0.3) is 11.4 Å². The number of hydrogen-bond donors (Lipinski definition) is 0. The lowest BCUT2D eigenvalue weighted by molar-refractivity contribution is -0.138. The van der Waals surface area contributed by atoms with Crippen molar-refractivity contribution in [2.75, 3.05) is 20.3 Å². The number of carbonyl (C=O) groups is 1. The summed E-state index contributed by atoms with van der Waals surface area (Å²) < 4.78 is 16.3. The first-order chi connectivity index (χ1) is 15.1. The molecule has 0 aliphatic carbocycles. The fourth-order valence-corrected chi connectivity index (χ4v) is 3.18. The molecule has 0 aliphatic heterocycles. The van der Waals surface area contributed by atoms with Gasteiger partial charge in [-0.2, -0.15) is 4.98 Å². The molecule has 0 N–H and O–H groups in total. The predicted molar refractivity (Wildman–Crippen MR) is 118 cm³/mol. The summed E-state index contributed by atoms with van der Waals surface area (Å²) >= 11 is 0. The zero-order valence-corrected chi connectivity index (χ0v) is 18.3. The quantitative estimate of drug-likeness (QED) is 0.461. The molecule has 0 spiro atoms. The van der Waals surface area contributed by atoms with Gasteiger partial charge in [-0.3, -0.25) is 4.79 Å². The van der Waals surface area contributed by atoms with Crippen molar-refractivity contribution in [2.45, 2.75) is 39.3 Å². The second-order valence-corrected chi connectivity index (χ2v) is 7.32. The SMILES string of the molecule is CCC(C)N(CCc1nc(-c2cccc(OC)c2)no1)C(=O)COCc1ccccc1. The Morgan fingerprint density at radius 1 is 1.16 bits per heavy atom. The maximum Gasteiger partial charge on any atom is 0.248 e. The Hall–Kier alpha value is -3.19. The minimum atomic E-state index is -0.0437. The first-order valence-electron chi connectivity index (χ1n) is 10.5. The number of nitrogens with zero attached hydrogens (tertiary/aromatic N) is 3. The zero-order valence-electron chi connectivity index (χ0n) is 18.3. The Morgan fingerprint density at radius 2 is 1.97 bits per heavy atom. The molecule has 7 heteroatoms. The second-order valence-electron chi connectivity index (χ2n) is 7.32. The minimum Gasteiger partial charge on any atom is -0.497 e. The van der Waals surface area contributed by atoms with Crippen molar-refractivity contribution >= 4 is 5.91 Å². The largest absolute Gasteiger partial charge is 0.497 e. The maximum absolute atomic E-state index is 12.8. The van der Waals surface area contributed by atoms with Crippen LogP contribution in [0.2, 0.25) is 0 Å². The normalized spacial score (nSPS) is 11.8. The van der Waals surface area contributed by atoms with Gasteiger partial charge in [0.2, 0.25) is 17.6 Å². The van der Waals surface area contributed by atoms with E-state index in [1.807, 2.05) is 66.4 Å². The molecule has 0 saturated heterocycles. The van der Waals surface area contributed by atoms with E-state index in [2.05, 4.69) is 17.1 Å². The van der Waals surface area contributed by atoms with Crippen LogP contribution in [0, 0.1) is 0 Å². The fourth-order valence-electron chi connectivity index (χ4n) is 3.18. The molecule has 1 aromatic heterocycles. The van der Waals surface area contributed by atoms with Crippen molar-refractivity contribution in [3.05, 3.63) is 66.1 Å². The Kier molecular flexibility index (Phi) is 8.18. The summed E-state index contributed by atoms with van der Waals surface area (Å²) in [7, 11) is 1.62. The minimum absolute atomic E-state index is 0.0398. The van der Waals surface area contributed by atoms with Gasteiger partial charge in [-0.1, -0.05) is 54.5 Å². The second kappa shape index (κ2) is 11.3. The molecule has 0 fully saturated rings. The third-order valence-corrected chi connectivity index (χ3v) is 5.14. The molecule has 2 aromatic carbocycles. The number of rotatable bonds is 11. The Balaban J connectivity index is 1.57. The van der Waals surface area contributed by atoms with E-state index >= 15 is 0 Å². The lowest BCUT2D eigenvalue weighted by Gasteiger charge is -2.28. The Labute approximate surface area is 183 Å². The van der Waals surface area contributed by atoms with E-state index in [1.165, 1.54) is 0 Å². The van der Waals surface area contributed by atoms with Gasteiger partial charge >= 0.3 is 0 Å². The lowest BCUT2D eigenvalue weighted by atomic mass is 10.2. The van der Waals surface area contributed by atoms with Gasteiger partial charge in [0.25, 0.3) is 0 Å². The van der Waals surface area contributed by atoms with Crippen LogP contribution in [0.4, 0.5) is 0 Å². The predicted octanol–water partition coefficient (Wildman–Crippen LogP) is 4.13. The molecule has 1 unspecified atom stereocenters. The van der Waals surface area contributed by atoms with Gasteiger partial charge in [0.15, 0.2) is 0 Å². The number of benzene rings is 2. The maximum atomic E-state index is 12.8. The van der Waals surface area contributed by atoms with Crippen molar-refractivity contribution < 1.29 is 18.8 Å². The van der Waals surface area contributed by atoms with E-state index in [1.54, 1.807) is 7.11 Å². The Bertz CT molecular complexity index is 958. The first-order valence-corrected chi connectivity index (χ1v) is 10.5. The van der Waals surface area contributed by atoms with E-state index < -0.39 is 0 Å². The van der Waals surface area contributed by atoms with Crippen LogP contribution >= 0.6 is 0 Å². The molecule has 7 nitrogen and oxygen atoms in total. The summed E-state index contributed by atoms with van der Waals surface area (Å²) in [5, 5.41) is 4.06. The number of carbonyl (C=O) groups excluding carboxylic acids is 1. The van der Waals surface area contributed by atoms with Gasteiger partial charge in [-0.15, -0.1) is 0 Å². The molecular weight excluding hydrogens is 394 g/mol. The summed E-state index contributed by atoms with van der Waals surface area (Å²) in [5.74, 6) is 1.68. The van der Waals surface area contributed by atoms with Crippen LogP contribution in [-0.2, 0) is 22.6 Å². The molecule has 31 heavy (non-hydrogen) atoms. The first kappa shape index (κ1) is 22.5. The average Bonchev–Trinajstić information content (AvgIpc) is 3.29. The van der Waals surface area contributed by atoms with Gasteiger partial charge in [0.05, 0.1) is 13.7 Å². The van der Waals surface area contributed by atoms with Crippen LogP contribution in [0.15, 0.2) is 59.1 Å². The fraction of sp³-hybridized carbons (Fsp3) is 0.375. The monoisotopic (exact) mass is 423 g/mol. The molecule has 0 saturated carbocycles. The summed E-state index contributed by atoms with van der Waals surface area (Å²) in [5.41, 5.74) is 1.86. The highest BCUT2D eigenvalue weighted by molar-refractivity contribution is 5.77. The van der Waals surface area contributed by atoms with Crippen LogP contribution in [0.5, 0.6) is 5.75 Å². The number of ether oxygens (including phenoxy) is 2. The zero-order chi connectivity index (χ0) is 22.1. The molecule has 0 radical (unpaired) electrons.